The van der Waals surface area contributed by atoms with Crippen LogP contribution in [0.4, 0.5) is 0 Å². The number of carbonyl (C=O) groups is 2. The molecule has 102 valence electrons. The lowest BCUT2D eigenvalue weighted by molar-refractivity contribution is -0.167. The van der Waals surface area contributed by atoms with Gasteiger partial charge in [-0.3, -0.25) is 5.32 Å². The summed E-state index contributed by atoms with van der Waals surface area (Å²) < 4.78 is 10.4. The van der Waals surface area contributed by atoms with E-state index in [0.717, 1.165) is 11.8 Å². The molecule has 0 radical (unpaired) electrons. The maximum Gasteiger partial charge on any atom is 0.353 e. The van der Waals surface area contributed by atoms with Gasteiger partial charge < -0.3 is 14.3 Å². The molecule has 1 aromatic rings. The molecule has 5 heteroatoms. The van der Waals surface area contributed by atoms with Crippen LogP contribution in [0, 0.1) is 0 Å². The number of aldehydes is 1. The van der Waals surface area contributed by atoms with E-state index in [-0.39, 0.29) is 18.9 Å². The van der Waals surface area contributed by atoms with E-state index >= 15 is 0 Å². The third kappa shape index (κ3) is 2.83. The van der Waals surface area contributed by atoms with Crippen molar-refractivity contribution in [2.45, 2.75) is 24.6 Å². The van der Waals surface area contributed by atoms with E-state index in [2.05, 4.69) is 5.32 Å². The summed E-state index contributed by atoms with van der Waals surface area (Å²) >= 11 is 0. The Kier molecular flexibility index (Phi) is 4.29. The first kappa shape index (κ1) is 13.7. The molecular weight excluding hydrogens is 246 g/mol. The van der Waals surface area contributed by atoms with Gasteiger partial charge in [0.25, 0.3) is 0 Å². The minimum atomic E-state index is -1.21. The highest BCUT2D eigenvalue weighted by atomic mass is 16.6. The number of nitrogens with one attached hydrogen (secondary N) is 1. The number of rotatable bonds is 5. The van der Waals surface area contributed by atoms with Gasteiger partial charge in [-0.15, -0.1) is 0 Å². The van der Waals surface area contributed by atoms with Gasteiger partial charge in [0.05, 0.1) is 19.8 Å². The Labute approximate surface area is 111 Å². The van der Waals surface area contributed by atoms with Gasteiger partial charge in [0, 0.05) is 12.8 Å². The van der Waals surface area contributed by atoms with E-state index < -0.39 is 11.7 Å². The minimum Gasteiger partial charge on any atom is -0.466 e. The van der Waals surface area contributed by atoms with E-state index in [1.54, 1.807) is 0 Å². The van der Waals surface area contributed by atoms with Crippen LogP contribution >= 0.6 is 0 Å². The van der Waals surface area contributed by atoms with Gasteiger partial charge in [0.2, 0.25) is 5.72 Å². The van der Waals surface area contributed by atoms with Crippen molar-refractivity contribution in [2.75, 3.05) is 13.7 Å². The molecule has 2 rings (SSSR count). The third-order valence-electron chi connectivity index (χ3n) is 3.24. The lowest BCUT2D eigenvalue weighted by Gasteiger charge is -2.25. The second kappa shape index (κ2) is 5.95. The summed E-state index contributed by atoms with van der Waals surface area (Å²) in [5.74, 6) is -0.493. The van der Waals surface area contributed by atoms with Crippen LogP contribution in [0.15, 0.2) is 30.3 Å². The Morgan fingerprint density at radius 3 is 2.89 bits per heavy atom. The smallest absolute Gasteiger partial charge is 0.353 e. The van der Waals surface area contributed by atoms with Crippen LogP contribution in [0.3, 0.4) is 0 Å². The SMILES string of the molecule is COC(=O)[C@]1(CCC=O)N[C@H](c2ccccc2)CO1. The molecule has 0 aliphatic carbocycles. The Hall–Kier alpha value is -1.72. The number of benzene rings is 1. The molecule has 1 aromatic carbocycles. The lowest BCUT2D eigenvalue weighted by atomic mass is 10.1. The van der Waals surface area contributed by atoms with Gasteiger partial charge in [-0.2, -0.15) is 0 Å². The van der Waals surface area contributed by atoms with Crippen LogP contribution < -0.4 is 5.32 Å². The van der Waals surface area contributed by atoms with Crippen LogP contribution in [0.25, 0.3) is 0 Å². The number of ether oxygens (including phenoxy) is 2. The number of methoxy groups -OCH3 is 1. The summed E-state index contributed by atoms with van der Waals surface area (Å²) in [6.07, 6.45) is 1.28. The van der Waals surface area contributed by atoms with Crippen molar-refractivity contribution in [1.29, 1.82) is 0 Å². The van der Waals surface area contributed by atoms with Crippen molar-refractivity contribution in [2.24, 2.45) is 0 Å². The quantitative estimate of drug-likeness (QED) is 0.638. The Morgan fingerprint density at radius 1 is 1.53 bits per heavy atom. The fourth-order valence-electron chi connectivity index (χ4n) is 2.25. The number of hydrogen-bond acceptors (Lipinski definition) is 5. The lowest BCUT2D eigenvalue weighted by Crippen LogP contribution is -2.50. The standard InChI is InChI=1S/C14H17NO4/c1-18-13(17)14(8-5-9-16)15-12(10-19-14)11-6-3-2-4-7-11/h2-4,6-7,9,12,15H,5,8,10H2,1H3/t12-,14+/m0/s1. The van der Waals surface area contributed by atoms with Crippen LogP contribution in [0.1, 0.15) is 24.4 Å². The summed E-state index contributed by atoms with van der Waals surface area (Å²) in [5, 5.41) is 3.15. The molecule has 1 N–H and O–H groups in total. The van der Waals surface area contributed by atoms with Gasteiger partial charge in [0.1, 0.15) is 6.29 Å². The van der Waals surface area contributed by atoms with Gasteiger partial charge in [-0.05, 0) is 5.56 Å². The molecule has 0 amide bonds. The van der Waals surface area contributed by atoms with Crippen LogP contribution in [-0.2, 0) is 19.1 Å². The van der Waals surface area contributed by atoms with Crippen molar-refractivity contribution in [1.82, 2.24) is 5.32 Å². The molecule has 0 bridgehead atoms. The van der Waals surface area contributed by atoms with Crippen molar-refractivity contribution < 1.29 is 19.1 Å². The highest BCUT2D eigenvalue weighted by molar-refractivity contribution is 5.79. The fraction of sp³-hybridized carbons (Fsp3) is 0.429. The van der Waals surface area contributed by atoms with Crippen LogP contribution in [0.5, 0.6) is 0 Å². The molecule has 0 saturated carbocycles. The Morgan fingerprint density at radius 2 is 2.26 bits per heavy atom. The molecule has 1 saturated heterocycles. The highest BCUT2D eigenvalue weighted by Crippen LogP contribution is 2.30. The summed E-state index contributed by atoms with van der Waals surface area (Å²) in [4.78, 5) is 22.4. The molecular formula is C14H17NO4. The number of carbonyl (C=O) groups excluding carboxylic acids is 2. The molecule has 19 heavy (non-hydrogen) atoms. The topological polar surface area (TPSA) is 64.6 Å². The summed E-state index contributed by atoms with van der Waals surface area (Å²) in [6, 6.07) is 9.65. The summed E-state index contributed by atoms with van der Waals surface area (Å²) in [6.45, 7) is 0.373. The zero-order chi connectivity index (χ0) is 13.7. The zero-order valence-electron chi connectivity index (χ0n) is 10.8. The maximum atomic E-state index is 11.9. The van der Waals surface area contributed by atoms with Crippen LogP contribution in [0.2, 0.25) is 0 Å². The molecule has 0 spiro atoms. The molecule has 0 unspecified atom stereocenters. The predicted octanol–water partition coefficient (Wildman–Crippen LogP) is 1.20. The monoisotopic (exact) mass is 263 g/mol. The van der Waals surface area contributed by atoms with Crippen molar-refractivity contribution >= 4 is 12.3 Å². The Bertz CT molecular complexity index is 448. The molecule has 1 aliphatic rings. The first-order chi connectivity index (χ1) is 9.22. The fourth-order valence-corrected chi connectivity index (χ4v) is 2.25. The van der Waals surface area contributed by atoms with Crippen molar-refractivity contribution in [3.05, 3.63) is 35.9 Å². The second-order valence-corrected chi connectivity index (χ2v) is 4.44. The maximum absolute atomic E-state index is 11.9. The van der Waals surface area contributed by atoms with Gasteiger partial charge in [0.15, 0.2) is 0 Å². The van der Waals surface area contributed by atoms with Gasteiger partial charge in [-0.25, -0.2) is 4.79 Å². The van der Waals surface area contributed by atoms with E-state index in [4.69, 9.17) is 9.47 Å². The van der Waals surface area contributed by atoms with E-state index in [1.165, 1.54) is 7.11 Å². The number of esters is 1. The summed E-state index contributed by atoms with van der Waals surface area (Å²) in [7, 11) is 1.31. The van der Waals surface area contributed by atoms with Gasteiger partial charge in [-0.1, -0.05) is 30.3 Å². The molecule has 1 heterocycles. The number of hydrogen-bond donors (Lipinski definition) is 1. The minimum absolute atomic E-state index is 0.0769. The molecule has 2 atom stereocenters. The summed E-state index contributed by atoms with van der Waals surface area (Å²) in [5.41, 5.74) is -0.171. The predicted molar refractivity (Wildman–Crippen MR) is 68.3 cm³/mol. The first-order valence-electron chi connectivity index (χ1n) is 6.20. The Balaban J connectivity index is 2.15. The molecule has 5 nitrogen and oxygen atoms in total. The first-order valence-corrected chi connectivity index (χ1v) is 6.20. The van der Waals surface area contributed by atoms with Crippen LogP contribution in [-0.4, -0.2) is 31.7 Å². The average Bonchev–Trinajstić information content (AvgIpc) is 2.91. The van der Waals surface area contributed by atoms with E-state index in [1.807, 2.05) is 30.3 Å². The third-order valence-corrected chi connectivity index (χ3v) is 3.24. The molecule has 1 fully saturated rings. The second-order valence-electron chi connectivity index (χ2n) is 4.44. The van der Waals surface area contributed by atoms with Crippen molar-refractivity contribution in [3.63, 3.8) is 0 Å². The largest absolute Gasteiger partial charge is 0.466 e. The normalized spacial score (nSPS) is 26.1. The molecule has 0 aromatic heterocycles. The highest BCUT2D eigenvalue weighted by Gasteiger charge is 2.47. The van der Waals surface area contributed by atoms with Gasteiger partial charge >= 0.3 is 5.97 Å². The van der Waals surface area contributed by atoms with E-state index in [0.29, 0.717) is 6.61 Å². The zero-order valence-corrected chi connectivity index (χ0v) is 10.8. The van der Waals surface area contributed by atoms with E-state index in [9.17, 15) is 9.59 Å². The average molecular weight is 263 g/mol. The molecule has 1 aliphatic heterocycles. The van der Waals surface area contributed by atoms with Crippen molar-refractivity contribution in [3.8, 4) is 0 Å².